The SMILES string of the molecule is O=c1c(Cc2ccccc2)nc2c[nH]c(/C=C/c3ccc(C(F)(F)F)cc3)cn1-2. The highest BCUT2D eigenvalue weighted by atomic mass is 19.4. The van der Waals surface area contributed by atoms with Gasteiger partial charge in [-0.05, 0) is 29.3 Å². The van der Waals surface area contributed by atoms with Crippen molar-refractivity contribution in [2.45, 2.75) is 12.6 Å². The monoisotopic (exact) mass is 395 g/mol. The van der Waals surface area contributed by atoms with Crippen molar-refractivity contribution in [2.24, 2.45) is 0 Å². The van der Waals surface area contributed by atoms with Gasteiger partial charge in [-0.3, -0.25) is 9.36 Å². The van der Waals surface area contributed by atoms with Gasteiger partial charge in [-0.15, -0.1) is 0 Å². The molecule has 0 radical (unpaired) electrons. The summed E-state index contributed by atoms with van der Waals surface area (Å²) >= 11 is 0. The molecule has 0 spiro atoms. The van der Waals surface area contributed by atoms with Crippen molar-refractivity contribution < 1.29 is 13.2 Å². The highest BCUT2D eigenvalue weighted by molar-refractivity contribution is 5.68. The summed E-state index contributed by atoms with van der Waals surface area (Å²) in [5.74, 6) is 0.507. The molecule has 0 fully saturated rings. The molecule has 146 valence electrons. The Morgan fingerprint density at radius 1 is 1.00 bits per heavy atom. The molecular formula is C22H16F3N3O. The fourth-order valence-electron chi connectivity index (χ4n) is 3.00. The molecule has 2 aromatic carbocycles. The fraction of sp³-hybridized carbons (Fsp3) is 0.0909. The largest absolute Gasteiger partial charge is 0.416 e. The predicted molar refractivity (Wildman–Crippen MR) is 105 cm³/mol. The van der Waals surface area contributed by atoms with E-state index in [1.807, 2.05) is 30.3 Å². The highest BCUT2D eigenvalue weighted by Crippen LogP contribution is 2.29. The second kappa shape index (κ2) is 7.43. The van der Waals surface area contributed by atoms with Gasteiger partial charge in [0, 0.05) is 18.8 Å². The zero-order chi connectivity index (χ0) is 20.4. The molecule has 1 N–H and O–H groups in total. The Labute approximate surface area is 164 Å². The number of rotatable bonds is 4. The van der Waals surface area contributed by atoms with Crippen LogP contribution in [0.3, 0.4) is 0 Å². The third-order valence-electron chi connectivity index (χ3n) is 4.51. The zero-order valence-corrected chi connectivity index (χ0v) is 15.1. The molecule has 2 aliphatic heterocycles. The van der Waals surface area contributed by atoms with Crippen LogP contribution in [0.4, 0.5) is 13.2 Å². The van der Waals surface area contributed by atoms with E-state index in [2.05, 4.69) is 9.97 Å². The molecule has 2 aromatic rings. The molecule has 2 heterocycles. The number of nitrogens with one attached hydrogen (secondary N) is 1. The van der Waals surface area contributed by atoms with Crippen molar-refractivity contribution >= 4 is 12.2 Å². The number of hydrogen-bond acceptors (Lipinski definition) is 2. The zero-order valence-electron chi connectivity index (χ0n) is 15.1. The normalized spacial score (nSPS) is 12.1. The van der Waals surface area contributed by atoms with Crippen LogP contribution in [0.15, 0.2) is 71.8 Å². The van der Waals surface area contributed by atoms with E-state index < -0.39 is 11.7 Å². The summed E-state index contributed by atoms with van der Waals surface area (Å²) < 4.78 is 39.4. The van der Waals surface area contributed by atoms with Crippen LogP contribution in [0, 0.1) is 0 Å². The molecule has 0 bridgehead atoms. The summed E-state index contributed by atoms with van der Waals surface area (Å²) in [7, 11) is 0. The lowest BCUT2D eigenvalue weighted by Gasteiger charge is -2.06. The van der Waals surface area contributed by atoms with E-state index in [1.165, 1.54) is 16.7 Å². The van der Waals surface area contributed by atoms with Crippen molar-refractivity contribution in [1.82, 2.24) is 14.5 Å². The molecule has 0 amide bonds. The van der Waals surface area contributed by atoms with E-state index >= 15 is 0 Å². The first-order valence-corrected chi connectivity index (χ1v) is 8.89. The third-order valence-corrected chi connectivity index (χ3v) is 4.51. The Hall–Kier alpha value is -3.61. The number of alkyl halides is 3. The fourth-order valence-corrected chi connectivity index (χ4v) is 3.00. The van der Waals surface area contributed by atoms with Crippen molar-refractivity contribution in [3.05, 3.63) is 105 Å². The molecule has 0 saturated carbocycles. The molecule has 0 unspecified atom stereocenters. The van der Waals surface area contributed by atoms with Gasteiger partial charge < -0.3 is 4.98 Å². The smallest absolute Gasteiger partial charge is 0.357 e. The minimum Gasteiger partial charge on any atom is -0.357 e. The second-order valence-corrected chi connectivity index (χ2v) is 6.58. The van der Waals surface area contributed by atoms with Gasteiger partial charge in [0.1, 0.15) is 5.69 Å². The van der Waals surface area contributed by atoms with E-state index in [-0.39, 0.29) is 5.56 Å². The molecule has 29 heavy (non-hydrogen) atoms. The number of aromatic amines is 1. The maximum atomic E-state index is 12.6. The average Bonchev–Trinajstić information content (AvgIpc) is 3.02. The van der Waals surface area contributed by atoms with E-state index in [1.54, 1.807) is 24.5 Å². The van der Waals surface area contributed by atoms with Crippen molar-refractivity contribution in [1.29, 1.82) is 0 Å². The van der Waals surface area contributed by atoms with Gasteiger partial charge in [-0.2, -0.15) is 13.2 Å². The number of halogens is 3. The van der Waals surface area contributed by atoms with Gasteiger partial charge in [0.05, 0.1) is 11.3 Å². The molecule has 4 rings (SSSR count). The number of fused-ring (bicyclic) bond motifs is 1. The minimum atomic E-state index is -4.36. The van der Waals surface area contributed by atoms with Crippen LogP contribution in [-0.2, 0) is 12.6 Å². The molecule has 7 heteroatoms. The topological polar surface area (TPSA) is 50.7 Å². The van der Waals surface area contributed by atoms with Crippen LogP contribution >= 0.6 is 0 Å². The Kier molecular flexibility index (Phi) is 4.80. The van der Waals surface area contributed by atoms with E-state index in [9.17, 15) is 18.0 Å². The van der Waals surface area contributed by atoms with Crippen molar-refractivity contribution in [2.75, 3.05) is 0 Å². The third kappa shape index (κ3) is 4.13. The number of benzene rings is 2. The lowest BCUT2D eigenvalue weighted by molar-refractivity contribution is -0.137. The number of hydrogen-bond donors (Lipinski definition) is 1. The lowest BCUT2D eigenvalue weighted by atomic mass is 10.1. The van der Waals surface area contributed by atoms with E-state index in [4.69, 9.17) is 0 Å². The van der Waals surface area contributed by atoms with Crippen molar-refractivity contribution in [3.63, 3.8) is 0 Å². The minimum absolute atomic E-state index is 0.193. The van der Waals surface area contributed by atoms with Gasteiger partial charge in [0.25, 0.3) is 5.56 Å². The Morgan fingerprint density at radius 2 is 1.72 bits per heavy atom. The summed E-state index contributed by atoms with van der Waals surface area (Å²) in [6.07, 6.45) is 2.70. The van der Waals surface area contributed by atoms with Gasteiger partial charge >= 0.3 is 6.18 Å². The Balaban J connectivity index is 1.58. The standard InChI is InChI=1S/C22H16F3N3O/c23-22(24,25)17-9-6-15(7-10-17)8-11-18-14-28-20(13-26-18)27-19(21(28)29)12-16-4-2-1-3-5-16/h1-11,13-14,26H,12H2/b11-8+. The molecule has 0 aliphatic carbocycles. The second-order valence-electron chi connectivity index (χ2n) is 6.58. The summed E-state index contributed by atoms with van der Waals surface area (Å²) in [6.45, 7) is 0. The first-order valence-electron chi connectivity index (χ1n) is 8.89. The van der Waals surface area contributed by atoms with E-state index in [0.717, 1.165) is 17.7 Å². The van der Waals surface area contributed by atoms with Crippen LogP contribution in [0.2, 0.25) is 0 Å². The number of aromatic nitrogens is 3. The van der Waals surface area contributed by atoms with Gasteiger partial charge in [0.15, 0.2) is 5.82 Å². The number of nitrogens with zero attached hydrogens (tertiary/aromatic N) is 2. The van der Waals surface area contributed by atoms with Crippen LogP contribution < -0.4 is 5.56 Å². The maximum absolute atomic E-state index is 12.6. The van der Waals surface area contributed by atoms with Crippen LogP contribution in [0.25, 0.3) is 18.0 Å². The molecule has 4 nitrogen and oxygen atoms in total. The molecule has 0 aromatic heterocycles. The number of imidazole rings is 1. The summed E-state index contributed by atoms with van der Waals surface area (Å²) in [5, 5.41) is 0. The van der Waals surface area contributed by atoms with Crippen molar-refractivity contribution in [3.8, 4) is 5.82 Å². The number of H-pyrrole nitrogens is 1. The summed E-state index contributed by atoms with van der Waals surface area (Å²) in [5.41, 5.74) is 1.81. The predicted octanol–water partition coefficient (Wildman–Crippen LogP) is 4.78. The van der Waals surface area contributed by atoms with Gasteiger partial charge in [-0.25, -0.2) is 4.98 Å². The Morgan fingerprint density at radius 3 is 2.41 bits per heavy atom. The van der Waals surface area contributed by atoms with Gasteiger partial charge in [0.2, 0.25) is 0 Å². The molecular weight excluding hydrogens is 379 g/mol. The molecule has 0 saturated heterocycles. The van der Waals surface area contributed by atoms with Crippen LogP contribution in [0.1, 0.15) is 28.1 Å². The van der Waals surface area contributed by atoms with Crippen LogP contribution in [-0.4, -0.2) is 14.5 Å². The highest BCUT2D eigenvalue weighted by Gasteiger charge is 2.29. The first kappa shape index (κ1) is 18.7. The first-order chi connectivity index (χ1) is 13.9. The molecule has 2 aliphatic rings. The van der Waals surface area contributed by atoms with Crippen LogP contribution in [0.5, 0.6) is 0 Å². The maximum Gasteiger partial charge on any atom is 0.416 e. The molecule has 0 atom stereocenters. The summed E-state index contributed by atoms with van der Waals surface area (Å²) in [4.78, 5) is 20.1. The average molecular weight is 395 g/mol. The quantitative estimate of drug-likeness (QED) is 0.541. The summed E-state index contributed by atoms with van der Waals surface area (Å²) in [6, 6.07) is 14.5. The lowest BCUT2D eigenvalue weighted by Crippen LogP contribution is -2.15. The Bertz CT molecular complexity index is 1170. The van der Waals surface area contributed by atoms with Gasteiger partial charge in [-0.1, -0.05) is 48.5 Å². The van der Waals surface area contributed by atoms with E-state index in [0.29, 0.717) is 29.2 Å².